The van der Waals surface area contributed by atoms with Gasteiger partial charge >= 0.3 is 0 Å². The average molecular weight is 328 g/mol. The molecule has 1 aromatic heterocycles. The maximum Gasteiger partial charge on any atom is 0.0586 e. The highest BCUT2D eigenvalue weighted by molar-refractivity contribution is 9.10. The van der Waals surface area contributed by atoms with Crippen molar-refractivity contribution in [3.63, 3.8) is 0 Å². The van der Waals surface area contributed by atoms with E-state index in [9.17, 15) is 0 Å². The Bertz CT molecular complexity index is 467. The van der Waals surface area contributed by atoms with Crippen LogP contribution in [0, 0.1) is 0 Å². The Morgan fingerprint density at radius 2 is 2.00 bits per heavy atom. The molecule has 2 unspecified atom stereocenters. The van der Waals surface area contributed by atoms with E-state index < -0.39 is 0 Å². The molecule has 0 amide bonds. The lowest BCUT2D eigenvalue weighted by molar-refractivity contribution is 0.730. The van der Waals surface area contributed by atoms with Crippen molar-refractivity contribution in [2.24, 2.45) is 5.73 Å². The fourth-order valence-corrected chi connectivity index (χ4v) is 4.40. The van der Waals surface area contributed by atoms with Gasteiger partial charge < -0.3 is 5.73 Å². The third-order valence-electron chi connectivity index (χ3n) is 2.35. The smallest absolute Gasteiger partial charge is 0.0586 e. The second-order valence-electron chi connectivity index (χ2n) is 3.88. The molecule has 1 aromatic carbocycles. The molecule has 0 aliphatic rings. The number of benzene rings is 1. The normalized spacial score (nSPS) is 14.5. The summed E-state index contributed by atoms with van der Waals surface area (Å²) in [7, 11) is 0. The van der Waals surface area contributed by atoms with Gasteiger partial charge in [-0.25, -0.2) is 0 Å². The van der Waals surface area contributed by atoms with Crippen molar-refractivity contribution in [2.45, 2.75) is 23.1 Å². The molecule has 0 saturated heterocycles. The van der Waals surface area contributed by atoms with Crippen LogP contribution >= 0.6 is 39.0 Å². The summed E-state index contributed by atoms with van der Waals surface area (Å²) in [6.45, 7) is 2.06. The largest absolute Gasteiger partial charge is 0.327 e. The molecule has 1 heterocycles. The van der Waals surface area contributed by atoms with Gasteiger partial charge in [-0.05, 0) is 41.1 Å². The number of thiophene rings is 1. The molecule has 0 aliphatic heterocycles. The Hall–Kier alpha value is -0.290. The maximum atomic E-state index is 6.10. The van der Waals surface area contributed by atoms with Crippen LogP contribution in [0.25, 0.3) is 0 Å². The lowest BCUT2D eigenvalue weighted by Crippen LogP contribution is -2.21. The first kappa shape index (κ1) is 13.1. The van der Waals surface area contributed by atoms with Crippen LogP contribution in [-0.2, 0) is 0 Å². The van der Waals surface area contributed by atoms with Crippen LogP contribution in [0.4, 0.5) is 0 Å². The van der Waals surface area contributed by atoms with E-state index in [2.05, 4.69) is 58.6 Å². The molecule has 0 saturated carbocycles. The zero-order valence-corrected chi connectivity index (χ0v) is 12.7. The van der Waals surface area contributed by atoms with E-state index in [1.807, 2.05) is 17.8 Å². The van der Waals surface area contributed by atoms with Gasteiger partial charge in [0, 0.05) is 25.7 Å². The molecule has 0 spiro atoms. The summed E-state index contributed by atoms with van der Waals surface area (Å²) in [5, 5.41) is 2.42. The van der Waals surface area contributed by atoms with Crippen LogP contribution in [0.5, 0.6) is 0 Å². The van der Waals surface area contributed by atoms with Crippen molar-refractivity contribution >= 4 is 39.0 Å². The fourth-order valence-electron chi connectivity index (χ4n) is 1.55. The third-order valence-corrected chi connectivity index (χ3v) is 5.76. The molecule has 2 N–H and O–H groups in total. The van der Waals surface area contributed by atoms with E-state index in [1.54, 1.807) is 11.3 Å². The Kier molecular flexibility index (Phi) is 4.68. The molecule has 0 bridgehead atoms. The van der Waals surface area contributed by atoms with Crippen LogP contribution in [0.15, 0.2) is 51.1 Å². The third kappa shape index (κ3) is 3.58. The number of hydrogen-bond acceptors (Lipinski definition) is 3. The molecule has 2 aromatic rings. The van der Waals surface area contributed by atoms with Crippen LogP contribution < -0.4 is 5.73 Å². The quantitative estimate of drug-likeness (QED) is 0.824. The summed E-state index contributed by atoms with van der Waals surface area (Å²) < 4.78 is 1.14. The van der Waals surface area contributed by atoms with Crippen molar-refractivity contribution in [1.29, 1.82) is 0 Å². The average Bonchev–Trinajstić information content (AvgIpc) is 2.73. The second kappa shape index (κ2) is 6.05. The second-order valence-corrected chi connectivity index (χ2v) is 6.95. The maximum absolute atomic E-state index is 6.10. The number of hydrogen-bond donors (Lipinski definition) is 1. The highest BCUT2D eigenvalue weighted by atomic mass is 79.9. The van der Waals surface area contributed by atoms with Crippen molar-refractivity contribution in [3.05, 3.63) is 51.1 Å². The Balaban J connectivity index is 2.19. The summed E-state index contributed by atoms with van der Waals surface area (Å²) in [6.07, 6.45) is 0. The van der Waals surface area contributed by atoms with Crippen LogP contribution in [0.3, 0.4) is 0 Å². The number of thioether (sulfide) groups is 1. The Morgan fingerprint density at radius 1 is 1.29 bits per heavy atom. The van der Waals surface area contributed by atoms with Crippen LogP contribution in [0.1, 0.15) is 17.1 Å². The zero-order chi connectivity index (χ0) is 12.3. The van der Waals surface area contributed by atoms with Crippen molar-refractivity contribution < 1.29 is 0 Å². The fraction of sp³-hybridized carbons (Fsp3) is 0.231. The van der Waals surface area contributed by atoms with Gasteiger partial charge in [-0.3, -0.25) is 0 Å². The van der Waals surface area contributed by atoms with E-state index in [0.29, 0.717) is 5.25 Å². The summed E-state index contributed by atoms with van der Waals surface area (Å²) in [5.74, 6) is 0. The van der Waals surface area contributed by atoms with Gasteiger partial charge in [-0.1, -0.05) is 18.2 Å². The van der Waals surface area contributed by atoms with E-state index in [0.717, 1.165) is 4.47 Å². The van der Waals surface area contributed by atoms with Crippen molar-refractivity contribution in [3.8, 4) is 0 Å². The molecule has 90 valence electrons. The molecule has 0 fully saturated rings. The van der Waals surface area contributed by atoms with Gasteiger partial charge in [-0.15, -0.1) is 23.1 Å². The van der Waals surface area contributed by atoms with Crippen molar-refractivity contribution in [2.75, 3.05) is 0 Å². The summed E-state index contributed by atoms with van der Waals surface area (Å²) in [4.78, 5) is 2.58. The highest BCUT2D eigenvalue weighted by Crippen LogP contribution is 2.40. The molecular formula is C13H14BrNS2. The predicted molar refractivity (Wildman–Crippen MR) is 80.7 cm³/mol. The lowest BCUT2D eigenvalue weighted by Gasteiger charge is -2.18. The van der Waals surface area contributed by atoms with E-state index >= 15 is 0 Å². The zero-order valence-electron chi connectivity index (χ0n) is 9.47. The number of rotatable bonds is 4. The topological polar surface area (TPSA) is 26.0 Å². The summed E-state index contributed by atoms with van der Waals surface area (Å²) in [6, 6.07) is 12.7. The molecule has 2 rings (SSSR count). The minimum atomic E-state index is 0.130. The Labute approximate surface area is 119 Å². The molecule has 0 aliphatic carbocycles. The standard InChI is InChI=1S/C13H14BrNS2/c1-9(15)13(12-7-10(14)8-16-12)17-11-5-3-2-4-6-11/h2-9,13H,15H2,1H3. The van der Waals surface area contributed by atoms with Gasteiger partial charge in [0.15, 0.2) is 0 Å². The Morgan fingerprint density at radius 3 is 2.53 bits per heavy atom. The number of nitrogens with two attached hydrogens (primary N) is 1. The molecule has 1 nitrogen and oxygen atoms in total. The summed E-state index contributed by atoms with van der Waals surface area (Å²) >= 11 is 7.08. The minimum absolute atomic E-state index is 0.130. The van der Waals surface area contributed by atoms with Gasteiger partial charge in [0.1, 0.15) is 0 Å². The molecule has 2 atom stereocenters. The lowest BCUT2D eigenvalue weighted by atomic mass is 10.2. The first-order chi connectivity index (χ1) is 8.16. The van der Waals surface area contributed by atoms with E-state index in [4.69, 9.17) is 5.73 Å². The van der Waals surface area contributed by atoms with Gasteiger partial charge in [0.05, 0.1) is 5.25 Å². The first-order valence-corrected chi connectivity index (χ1v) is 7.93. The molecule has 4 heteroatoms. The molecule has 17 heavy (non-hydrogen) atoms. The first-order valence-electron chi connectivity index (χ1n) is 5.38. The predicted octanol–water partition coefficient (Wildman–Crippen LogP) is 4.69. The van der Waals surface area contributed by atoms with E-state index in [-0.39, 0.29) is 6.04 Å². The van der Waals surface area contributed by atoms with E-state index in [1.165, 1.54) is 9.77 Å². The summed E-state index contributed by atoms with van der Waals surface area (Å²) in [5.41, 5.74) is 6.10. The van der Waals surface area contributed by atoms with Crippen LogP contribution in [0.2, 0.25) is 0 Å². The monoisotopic (exact) mass is 327 g/mol. The van der Waals surface area contributed by atoms with Crippen molar-refractivity contribution in [1.82, 2.24) is 0 Å². The van der Waals surface area contributed by atoms with Gasteiger partial charge in [-0.2, -0.15) is 0 Å². The number of halogens is 1. The minimum Gasteiger partial charge on any atom is -0.327 e. The van der Waals surface area contributed by atoms with Gasteiger partial charge in [0.2, 0.25) is 0 Å². The SMILES string of the molecule is CC(N)C(Sc1ccccc1)c1cc(Br)cs1. The molecule has 0 radical (unpaired) electrons. The molecular weight excluding hydrogens is 314 g/mol. The highest BCUT2D eigenvalue weighted by Gasteiger charge is 2.19. The van der Waals surface area contributed by atoms with Crippen LogP contribution in [-0.4, -0.2) is 6.04 Å². The van der Waals surface area contributed by atoms with Gasteiger partial charge in [0.25, 0.3) is 0 Å².